The van der Waals surface area contributed by atoms with Crippen molar-refractivity contribution in [3.8, 4) is 5.75 Å². The van der Waals surface area contributed by atoms with E-state index < -0.39 is 9.84 Å². The van der Waals surface area contributed by atoms with Gasteiger partial charge in [-0.3, -0.25) is 0 Å². The molecular formula is C11H15NO3S. The van der Waals surface area contributed by atoms with Gasteiger partial charge in [-0.2, -0.15) is 0 Å². The summed E-state index contributed by atoms with van der Waals surface area (Å²) >= 11 is 0. The van der Waals surface area contributed by atoms with Gasteiger partial charge in [-0.15, -0.1) is 0 Å². The van der Waals surface area contributed by atoms with Gasteiger partial charge in [0.25, 0.3) is 0 Å². The lowest BCUT2D eigenvalue weighted by Gasteiger charge is -2.24. The standard InChI is InChI=1S/C11H15NO3S/c13-11-5-1-3-9(7-11)12-10-4-2-6-16(14,15)8-10/h1,3,5,7,10,12-13H,2,4,6,8H2. The maximum atomic E-state index is 11.4. The Morgan fingerprint density at radius 3 is 2.88 bits per heavy atom. The van der Waals surface area contributed by atoms with Gasteiger partial charge in [-0.25, -0.2) is 8.42 Å². The molecule has 1 unspecified atom stereocenters. The van der Waals surface area contributed by atoms with E-state index >= 15 is 0 Å². The highest BCUT2D eigenvalue weighted by Crippen LogP contribution is 2.20. The average molecular weight is 241 g/mol. The number of hydrogen-bond acceptors (Lipinski definition) is 4. The Bertz CT molecular complexity index is 470. The summed E-state index contributed by atoms with van der Waals surface area (Å²) in [6.45, 7) is 0. The Kier molecular flexibility index (Phi) is 3.05. The molecule has 1 aliphatic rings. The summed E-state index contributed by atoms with van der Waals surface area (Å²) in [7, 11) is -2.89. The Hall–Kier alpha value is -1.23. The molecule has 1 aromatic carbocycles. The number of sulfone groups is 1. The minimum absolute atomic E-state index is 0.0412. The van der Waals surface area contributed by atoms with Gasteiger partial charge < -0.3 is 10.4 Å². The Balaban J connectivity index is 2.05. The Labute approximate surface area is 95.2 Å². The van der Waals surface area contributed by atoms with Crippen LogP contribution in [0.25, 0.3) is 0 Å². The molecule has 2 rings (SSSR count). The molecule has 1 fully saturated rings. The first-order valence-corrected chi connectivity index (χ1v) is 7.13. The van der Waals surface area contributed by atoms with Gasteiger partial charge in [0.15, 0.2) is 9.84 Å². The van der Waals surface area contributed by atoms with Gasteiger partial charge in [0.05, 0.1) is 11.5 Å². The van der Waals surface area contributed by atoms with Gasteiger partial charge in [0.2, 0.25) is 0 Å². The largest absolute Gasteiger partial charge is 0.508 e. The molecule has 1 atom stereocenters. The second-order valence-corrected chi connectivity index (χ2v) is 6.38. The molecule has 0 amide bonds. The van der Waals surface area contributed by atoms with Crippen LogP contribution >= 0.6 is 0 Å². The second-order valence-electron chi connectivity index (χ2n) is 4.15. The zero-order chi connectivity index (χ0) is 11.6. The molecular weight excluding hydrogens is 226 g/mol. The molecule has 0 bridgehead atoms. The molecule has 5 heteroatoms. The third-order valence-electron chi connectivity index (χ3n) is 2.68. The third-order valence-corrected chi connectivity index (χ3v) is 4.50. The SMILES string of the molecule is O=S1(=O)CCCC(Nc2cccc(O)c2)C1. The first kappa shape index (κ1) is 11.3. The maximum absolute atomic E-state index is 11.4. The molecule has 4 nitrogen and oxygen atoms in total. The van der Waals surface area contributed by atoms with E-state index in [4.69, 9.17) is 0 Å². The molecule has 16 heavy (non-hydrogen) atoms. The lowest BCUT2D eigenvalue weighted by Crippen LogP contribution is -2.34. The fourth-order valence-corrected chi connectivity index (χ4v) is 3.60. The fraction of sp³-hybridized carbons (Fsp3) is 0.455. The molecule has 1 aromatic rings. The van der Waals surface area contributed by atoms with Crippen LogP contribution in [0.15, 0.2) is 24.3 Å². The first-order valence-electron chi connectivity index (χ1n) is 5.31. The smallest absolute Gasteiger partial charge is 0.152 e. The third kappa shape index (κ3) is 2.88. The summed E-state index contributed by atoms with van der Waals surface area (Å²) in [6, 6.07) is 6.69. The number of rotatable bonds is 2. The highest BCUT2D eigenvalue weighted by molar-refractivity contribution is 7.91. The molecule has 0 radical (unpaired) electrons. The van der Waals surface area contributed by atoms with Crippen molar-refractivity contribution in [2.45, 2.75) is 18.9 Å². The van der Waals surface area contributed by atoms with Crippen LogP contribution in [0.1, 0.15) is 12.8 Å². The molecule has 0 aromatic heterocycles. The van der Waals surface area contributed by atoms with E-state index in [-0.39, 0.29) is 17.5 Å². The summed E-state index contributed by atoms with van der Waals surface area (Å²) in [6.07, 6.45) is 1.56. The van der Waals surface area contributed by atoms with Crippen LogP contribution in [-0.2, 0) is 9.84 Å². The van der Waals surface area contributed by atoms with Crippen LogP contribution in [-0.4, -0.2) is 31.1 Å². The minimum Gasteiger partial charge on any atom is -0.508 e. The number of benzene rings is 1. The molecule has 0 spiro atoms. The van der Waals surface area contributed by atoms with Gasteiger partial charge in [-0.05, 0) is 25.0 Å². The van der Waals surface area contributed by atoms with Crippen molar-refractivity contribution in [1.29, 1.82) is 0 Å². The summed E-state index contributed by atoms with van der Waals surface area (Å²) in [5, 5.41) is 12.4. The van der Waals surface area contributed by atoms with Crippen LogP contribution in [0.5, 0.6) is 5.75 Å². The van der Waals surface area contributed by atoms with E-state index in [0.717, 1.165) is 12.1 Å². The zero-order valence-corrected chi connectivity index (χ0v) is 9.70. The van der Waals surface area contributed by atoms with Crippen LogP contribution in [0, 0.1) is 0 Å². The predicted molar refractivity (Wildman–Crippen MR) is 63.4 cm³/mol. The molecule has 2 N–H and O–H groups in total. The molecule has 0 aliphatic carbocycles. The van der Waals surface area contributed by atoms with Gasteiger partial charge in [-0.1, -0.05) is 6.07 Å². The van der Waals surface area contributed by atoms with E-state index in [0.29, 0.717) is 12.2 Å². The van der Waals surface area contributed by atoms with Crippen molar-refractivity contribution in [2.75, 3.05) is 16.8 Å². The van der Waals surface area contributed by atoms with E-state index in [1.807, 2.05) is 6.07 Å². The lowest BCUT2D eigenvalue weighted by atomic mass is 10.1. The quantitative estimate of drug-likeness (QED) is 0.821. The average Bonchev–Trinajstić information content (AvgIpc) is 2.15. The van der Waals surface area contributed by atoms with Gasteiger partial charge >= 0.3 is 0 Å². The number of hydrogen-bond donors (Lipinski definition) is 2. The van der Waals surface area contributed by atoms with Gasteiger partial charge in [0.1, 0.15) is 5.75 Å². The van der Waals surface area contributed by atoms with Crippen molar-refractivity contribution < 1.29 is 13.5 Å². The second kappa shape index (κ2) is 4.33. The molecule has 0 saturated carbocycles. The summed E-state index contributed by atoms with van der Waals surface area (Å²) in [4.78, 5) is 0. The first-order chi connectivity index (χ1) is 7.55. The number of phenolic OH excluding ortho intramolecular Hbond substituents is 1. The van der Waals surface area contributed by atoms with Crippen LogP contribution in [0.2, 0.25) is 0 Å². The zero-order valence-electron chi connectivity index (χ0n) is 8.89. The van der Waals surface area contributed by atoms with Crippen molar-refractivity contribution >= 4 is 15.5 Å². The summed E-state index contributed by atoms with van der Waals surface area (Å²) in [5.41, 5.74) is 0.766. The minimum atomic E-state index is -2.89. The monoisotopic (exact) mass is 241 g/mol. The van der Waals surface area contributed by atoms with Crippen LogP contribution in [0.3, 0.4) is 0 Å². The number of nitrogens with one attached hydrogen (secondary N) is 1. The topological polar surface area (TPSA) is 66.4 Å². The van der Waals surface area contributed by atoms with Crippen molar-refractivity contribution in [1.82, 2.24) is 0 Å². The van der Waals surface area contributed by atoms with E-state index in [1.54, 1.807) is 18.2 Å². The fourth-order valence-electron chi connectivity index (χ4n) is 1.97. The summed E-state index contributed by atoms with van der Waals surface area (Å²) in [5.74, 6) is 0.664. The van der Waals surface area contributed by atoms with Crippen molar-refractivity contribution in [3.63, 3.8) is 0 Å². The van der Waals surface area contributed by atoms with Gasteiger partial charge in [0, 0.05) is 17.8 Å². The predicted octanol–water partition coefficient (Wildman–Crippen LogP) is 1.38. The van der Waals surface area contributed by atoms with E-state index in [2.05, 4.69) is 5.32 Å². The number of phenols is 1. The van der Waals surface area contributed by atoms with E-state index in [9.17, 15) is 13.5 Å². The number of aromatic hydroxyl groups is 1. The Morgan fingerprint density at radius 2 is 2.19 bits per heavy atom. The van der Waals surface area contributed by atoms with Crippen LogP contribution in [0.4, 0.5) is 5.69 Å². The Morgan fingerprint density at radius 1 is 1.38 bits per heavy atom. The summed E-state index contributed by atoms with van der Waals surface area (Å²) < 4.78 is 22.9. The lowest BCUT2D eigenvalue weighted by molar-refractivity contribution is 0.475. The normalized spacial score (nSPS) is 23.9. The highest BCUT2D eigenvalue weighted by atomic mass is 32.2. The maximum Gasteiger partial charge on any atom is 0.152 e. The van der Waals surface area contributed by atoms with Crippen molar-refractivity contribution in [3.05, 3.63) is 24.3 Å². The molecule has 1 saturated heterocycles. The molecule has 1 heterocycles. The molecule has 1 aliphatic heterocycles. The number of anilines is 1. The molecule has 88 valence electrons. The highest BCUT2D eigenvalue weighted by Gasteiger charge is 2.24. The van der Waals surface area contributed by atoms with E-state index in [1.165, 1.54) is 0 Å². The van der Waals surface area contributed by atoms with Crippen LogP contribution < -0.4 is 5.32 Å². The van der Waals surface area contributed by atoms with Crippen molar-refractivity contribution in [2.24, 2.45) is 0 Å².